The summed E-state index contributed by atoms with van der Waals surface area (Å²) in [6.45, 7) is 6.29. The van der Waals surface area contributed by atoms with Crippen LogP contribution in [0.25, 0.3) is 0 Å². The van der Waals surface area contributed by atoms with Crippen LogP contribution in [-0.2, 0) is 9.53 Å². The minimum atomic E-state index is -1.42. The maximum atomic E-state index is 12.7. The Balaban J connectivity index is 2.06. The molecule has 0 aromatic carbocycles. The van der Waals surface area contributed by atoms with Gasteiger partial charge in [-0.15, -0.1) is 11.8 Å². The van der Waals surface area contributed by atoms with Crippen LogP contribution in [0.1, 0.15) is 40.0 Å². The lowest BCUT2D eigenvalue weighted by molar-refractivity contribution is -0.211. The molecule has 5 unspecified atom stereocenters. The summed E-state index contributed by atoms with van der Waals surface area (Å²) in [6.07, 6.45) is -3.24. The Kier molecular flexibility index (Phi) is 8.79. The number of aliphatic hydroxyl groups is 4. The normalized spacial score (nSPS) is 39.1. The van der Waals surface area contributed by atoms with E-state index in [0.29, 0.717) is 11.7 Å². The van der Waals surface area contributed by atoms with Gasteiger partial charge >= 0.3 is 0 Å². The fourth-order valence-corrected chi connectivity index (χ4v) is 4.74. The molecule has 0 aromatic heterocycles. The number of nitrogens with one attached hydrogen (secondary N) is 2. The predicted octanol–water partition coefficient (Wildman–Crippen LogP) is -0.809. The molecule has 2 rings (SSSR count). The van der Waals surface area contributed by atoms with E-state index >= 15 is 0 Å². The fourth-order valence-electron chi connectivity index (χ4n) is 3.85. The van der Waals surface area contributed by atoms with Gasteiger partial charge in [-0.05, 0) is 38.0 Å². The summed E-state index contributed by atoms with van der Waals surface area (Å²) in [6, 6.07) is -1.25. The van der Waals surface area contributed by atoms with Crippen molar-refractivity contribution in [3.63, 3.8) is 0 Å². The van der Waals surface area contributed by atoms with Gasteiger partial charge in [-0.1, -0.05) is 20.3 Å². The molecule has 1 amide bonds. The van der Waals surface area contributed by atoms with E-state index in [4.69, 9.17) is 4.74 Å². The molecular formula is C18H34N2O6S. The lowest BCUT2D eigenvalue weighted by Crippen LogP contribution is -2.65. The Hall–Kier alpha value is -0.420. The zero-order valence-electron chi connectivity index (χ0n) is 16.2. The van der Waals surface area contributed by atoms with Crippen molar-refractivity contribution in [1.82, 2.24) is 10.6 Å². The maximum absolute atomic E-state index is 12.7. The Morgan fingerprint density at radius 3 is 2.56 bits per heavy atom. The van der Waals surface area contributed by atoms with Gasteiger partial charge in [0.05, 0.1) is 18.2 Å². The van der Waals surface area contributed by atoms with Gasteiger partial charge in [0.15, 0.2) is 0 Å². The molecule has 0 aliphatic carbocycles. The van der Waals surface area contributed by atoms with Gasteiger partial charge in [0, 0.05) is 0 Å². The summed E-state index contributed by atoms with van der Waals surface area (Å²) in [5, 5.41) is 46.8. The first-order valence-corrected chi connectivity index (χ1v) is 10.9. The van der Waals surface area contributed by atoms with Crippen molar-refractivity contribution in [2.24, 2.45) is 5.92 Å². The van der Waals surface area contributed by atoms with Gasteiger partial charge < -0.3 is 35.8 Å². The molecule has 2 aliphatic rings. The SMILES string of the molecule is CCC[C@H]1CN[C@H](C(=O)N[C@@H](C2OC(SCC)C(O)C(O)C2O)[C@@H](C)O)C1. The molecule has 0 radical (unpaired) electrons. The van der Waals surface area contributed by atoms with Crippen LogP contribution in [0.4, 0.5) is 0 Å². The second-order valence-electron chi connectivity index (χ2n) is 7.52. The third-order valence-electron chi connectivity index (χ3n) is 5.36. The highest BCUT2D eigenvalue weighted by Crippen LogP contribution is 2.30. The van der Waals surface area contributed by atoms with E-state index in [1.165, 1.54) is 18.7 Å². The monoisotopic (exact) mass is 406 g/mol. The summed E-state index contributed by atoms with van der Waals surface area (Å²) in [5.74, 6) is 0.846. The zero-order chi connectivity index (χ0) is 20.1. The second kappa shape index (κ2) is 10.4. The van der Waals surface area contributed by atoms with Gasteiger partial charge in [0.2, 0.25) is 5.91 Å². The molecule has 2 saturated heterocycles. The Labute approximate surface area is 165 Å². The van der Waals surface area contributed by atoms with Crippen LogP contribution in [0.2, 0.25) is 0 Å². The van der Waals surface area contributed by atoms with Crippen molar-refractivity contribution in [3.8, 4) is 0 Å². The smallest absolute Gasteiger partial charge is 0.237 e. The Bertz CT molecular complexity index is 483. The number of carbonyl (C=O) groups is 1. The number of rotatable bonds is 8. The average molecular weight is 407 g/mol. The molecule has 9 atom stereocenters. The van der Waals surface area contributed by atoms with Gasteiger partial charge in [-0.3, -0.25) is 4.79 Å². The minimum absolute atomic E-state index is 0.254. The molecule has 9 heteroatoms. The van der Waals surface area contributed by atoms with Gasteiger partial charge in [0.25, 0.3) is 0 Å². The first-order valence-electron chi connectivity index (χ1n) is 9.83. The molecule has 0 saturated carbocycles. The highest BCUT2D eigenvalue weighted by Gasteiger charge is 2.48. The van der Waals surface area contributed by atoms with E-state index in [2.05, 4.69) is 17.6 Å². The van der Waals surface area contributed by atoms with Crippen LogP contribution >= 0.6 is 11.8 Å². The number of ether oxygens (including phenoxy) is 1. The van der Waals surface area contributed by atoms with Gasteiger partial charge in [-0.25, -0.2) is 0 Å². The van der Waals surface area contributed by atoms with Crippen molar-refractivity contribution in [2.45, 2.75) is 88.1 Å². The van der Waals surface area contributed by atoms with Crippen molar-refractivity contribution in [3.05, 3.63) is 0 Å². The number of thioether (sulfide) groups is 1. The molecule has 0 aromatic rings. The number of carbonyl (C=O) groups excluding carboxylic acids is 1. The number of amides is 1. The lowest BCUT2D eigenvalue weighted by Gasteiger charge is -2.44. The molecule has 8 nitrogen and oxygen atoms in total. The van der Waals surface area contributed by atoms with Crippen molar-refractivity contribution >= 4 is 17.7 Å². The molecule has 6 N–H and O–H groups in total. The van der Waals surface area contributed by atoms with E-state index in [0.717, 1.165) is 25.8 Å². The fraction of sp³-hybridized carbons (Fsp3) is 0.944. The van der Waals surface area contributed by atoms with Gasteiger partial charge in [-0.2, -0.15) is 0 Å². The molecule has 158 valence electrons. The number of hydrogen-bond donors (Lipinski definition) is 6. The molecular weight excluding hydrogens is 372 g/mol. The topological polar surface area (TPSA) is 131 Å². The number of aliphatic hydroxyl groups excluding tert-OH is 4. The summed E-state index contributed by atoms with van der Waals surface area (Å²) < 4.78 is 5.78. The first-order chi connectivity index (χ1) is 12.8. The molecule has 2 aliphatic heterocycles. The molecule has 2 heterocycles. The van der Waals surface area contributed by atoms with E-state index < -0.39 is 42.0 Å². The summed E-state index contributed by atoms with van der Waals surface area (Å²) in [5.41, 5.74) is -0.741. The predicted molar refractivity (Wildman–Crippen MR) is 103 cm³/mol. The summed E-state index contributed by atoms with van der Waals surface area (Å²) in [7, 11) is 0. The van der Waals surface area contributed by atoms with Crippen molar-refractivity contribution in [1.29, 1.82) is 0 Å². The quantitative estimate of drug-likeness (QED) is 0.309. The van der Waals surface area contributed by atoms with E-state index in [1.807, 2.05) is 6.92 Å². The zero-order valence-corrected chi connectivity index (χ0v) is 17.1. The standard InChI is InChI=1S/C18H34N2O6S/c1-4-6-10-7-11(19-8-10)17(25)20-12(9(3)21)16-14(23)13(22)15(24)18(26-16)27-5-2/h9-16,18-19,21-24H,4-8H2,1-3H3,(H,20,25)/t9-,10-,11+,12-,13?,14?,15?,16?,18?/m1/s1. The van der Waals surface area contributed by atoms with E-state index in [-0.39, 0.29) is 11.9 Å². The summed E-state index contributed by atoms with van der Waals surface area (Å²) in [4.78, 5) is 12.7. The van der Waals surface area contributed by atoms with Crippen molar-refractivity contribution in [2.75, 3.05) is 12.3 Å². The molecule has 27 heavy (non-hydrogen) atoms. The molecule has 2 fully saturated rings. The number of hydrogen-bond acceptors (Lipinski definition) is 8. The van der Waals surface area contributed by atoms with E-state index in [9.17, 15) is 25.2 Å². The Morgan fingerprint density at radius 2 is 1.96 bits per heavy atom. The van der Waals surface area contributed by atoms with Crippen LogP contribution < -0.4 is 10.6 Å². The van der Waals surface area contributed by atoms with E-state index in [1.54, 1.807) is 0 Å². The van der Waals surface area contributed by atoms with Gasteiger partial charge in [0.1, 0.15) is 29.9 Å². The lowest BCUT2D eigenvalue weighted by atomic mass is 9.92. The highest BCUT2D eigenvalue weighted by atomic mass is 32.2. The average Bonchev–Trinajstić information content (AvgIpc) is 3.09. The first kappa shape index (κ1) is 22.9. The third-order valence-corrected chi connectivity index (χ3v) is 6.41. The van der Waals surface area contributed by atoms with Crippen LogP contribution in [0.15, 0.2) is 0 Å². The Morgan fingerprint density at radius 1 is 1.26 bits per heavy atom. The van der Waals surface area contributed by atoms with Crippen LogP contribution in [0.5, 0.6) is 0 Å². The minimum Gasteiger partial charge on any atom is -0.391 e. The summed E-state index contributed by atoms with van der Waals surface area (Å²) >= 11 is 1.30. The largest absolute Gasteiger partial charge is 0.391 e. The molecule has 0 bridgehead atoms. The van der Waals surface area contributed by atoms with Crippen LogP contribution in [0.3, 0.4) is 0 Å². The van der Waals surface area contributed by atoms with Crippen LogP contribution in [0, 0.1) is 5.92 Å². The highest BCUT2D eigenvalue weighted by molar-refractivity contribution is 7.99. The molecule has 0 spiro atoms. The van der Waals surface area contributed by atoms with Crippen LogP contribution in [-0.4, -0.2) is 86.7 Å². The van der Waals surface area contributed by atoms with Crippen molar-refractivity contribution < 1.29 is 30.0 Å². The third kappa shape index (κ3) is 5.56. The maximum Gasteiger partial charge on any atom is 0.237 e. The second-order valence-corrected chi connectivity index (χ2v) is 8.90.